The van der Waals surface area contributed by atoms with Crippen molar-refractivity contribution >= 4 is 24.6 Å². The molecule has 0 N–H and O–H groups in total. The number of hydrogen-bond acceptors (Lipinski definition) is 3. The predicted octanol–water partition coefficient (Wildman–Crippen LogP) is 6.51. The van der Waals surface area contributed by atoms with Crippen LogP contribution in [0.4, 0.5) is 8.78 Å². The Bertz CT molecular complexity index is 461. The summed E-state index contributed by atoms with van der Waals surface area (Å²) in [5.74, 6) is -4.19. The molecule has 0 amide bonds. The third-order valence-corrected chi connectivity index (χ3v) is 6.48. The molecule has 1 fully saturated rings. The summed E-state index contributed by atoms with van der Waals surface area (Å²) in [5.41, 5.74) is 0. The molecule has 0 aromatic carbocycles. The van der Waals surface area contributed by atoms with E-state index in [4.69, 9.17) is 11.6 Å². The van der Waals surface area contributed by atoms with Gasteiger partial charge in [0.1, 0.15) is 0 Å². The van der Waals surface area contributed by atoms with Gasteiger partial charge in [-0.3, -0.25) is 4.79 Å². The zero-order valence-electron chi connectivity index (χ0n) is 18.8. The highest BCUT2D eigenvalue weighted by atomic mass is 31.0. The molecule has 3 nitrogen and oxygen atoms in total. The fourth-order valence-corrected chi connectivity index (χ4v) is 4.75. The lowest BCUT2D eigenvalue weighted by Gasteiger charge is -2.26. The molecule has 160 valence electrons. The van der Waals surface area contributed by atoms with Gasteiger partial charge in [-0.1, -0.05) is 52.4 Å². The van der Waals surface area contributed by atoms with Crippen LogP contribution >= 0.6 is 18.8 Å². The molecule has 1 saturated carbocycles. The van der Waals surface area contributed by atoms with Crippen LogP contribution in [0.3, 0.4) is 0 Å². The van der Waals surface area contributed by atoms with Crippen molar-refractivity contribution in [3.63, 3.8) is 0 Å². The highest BCUT2D eigenvalue weighted by molar-refractivity contribution is 7.10. The maximum atomic E-state index is 14.1. The van der Waals surface area contributed by atoms with Crippen LogP contribution in [-0.4, -0.2) is 26.5 Å². The van der Waals surface area contributed by atoms with E-state index < -0.39 is 21.1 Å². The van der Waals surface area contributed by atoms with Gasteiger partial charge in [-0.2, -0.15) is 8.78 Å². The Morgan fingerprint density at radius 1 is 1.00 bits per heavy atom. The summed E-state index contributed by atoms with van der Waals surface area (Å²) in [5, 5.41) is 0. The van der Waals surface area contributed by atoms with Crippen LogP contribution < -0.4 is 0 Å². The van der Waals surface area contributed by atoms with E-state index in [2.05, 4.69) is 6.92 Å². The summed E-state index contributed by atoms with van der Waals surface area (Å²) in [6.07, 6.45) is 7.57. The van der Waals surface area contributed by atoms with Crippen molar-refractivity contribution in [1.29, 1.82) is 2.56 Å². The van der Waals surface area contributed by atoms with Crippen molar-refractivity contribution in [2.24, 2.45) is 11.8 Å². The molecule has 0 aromatic heterocycles. The largest absolute Gasteiger partial charge is 0.362 e. The van der Waals surface area contributed by atoms with Crippen molar-refractivity contribution in [1.82, 2.24) is 0 Å². The third-order valence-electron chi connectivity index (χ3n) is 5.87. The first-order valence-electron chi connectivity index (χ1n) is 11.5. The molecule has 1 rings (SSSR count). The Hall–Kier alpha value is 0.310. The van der Waals surface area contributed by atoms with Gasteiger partial charge in [0.2, 0.25) is 5.78 Å². The van der Waals surface area contributed by atoms with Gasteiger partial charge in [-0.05, 0) is 31.1 Å². The number of rotatable bonds is 17. The molecule has 0 spiro atoms. The number of Topliss-reactive ketones (excluding diaryl/α,β-unsaturated/α-hetero) is 1. The molecule has 0 bridgehead atoms. The average molecular weight is 430 g/mol. The molecule has 0 heterocycles. The molecule has 0 saturated heterocycles. The minimum atomic E-state index is -3.25. The van der Waals surface area contributed by atoms with Crippen LogP contribution in [0.2, 0.25) is 0 Å². The molecule has 0 radical (unpaired) electrons. The average Bonchev–Trinajstić information content (AvgIpc) is 3.01. The van der Waals surface area contributed by atoms with E-state index in [-0.39, 0.29) is 46.3 Å². The van der Waals surface area contributed by atoms with Crippen molar-refractivity contribution in [3.05, 3.63) is 0 Å². The van der Waals surface area contributed by atoms with E-state index >= 15 is 0 Å². The molecular formula is C20H38F2O3P2. The van der Waals surface area contributed by atoms with E-state index in [1.165, 1.54) is 19.3 Å². The van der Waals surface area contributed by atoms with Gasteiger partial charge in [0.25, 0.3) is 0 Å². The zero-order chi connectivity index (χ0) is 21.7. The minimum absolute atomic E-state index is 0.0636. The summed E-state index contributed by atoms with van der Waals surface area (Å²) in [7, 11) is -0.818. The number of halogens is 2. The summed E-state index contributed by atoms with van der Waals surface area (Å²) in [6.45, 7) is 4.00. The highest BCUT2D eigenvalue weighted by Gasteiger charge is 2.45. The van der Waals surface area contributed by atoms with Crippen LogP contribution in [0.15, 0.2) is 0 Å². The van der Waals surface area contributed by atoms with E-state index in [0.29, 0.717) is 25.7 Å². The first-order chi connectivity index (χ1) is 13.9. The Kier molecular flexibility index (Phi) is 11.0. The van der Waals surface area contributed by atoms with Crippen LogP contribution in [-0.2, 0) is 13.8 Å². The predicted molar refractivity (Wildman–Crippen MR) is 113 cm³/mol. The summed E-state index contributed by atoms with van der Waals surface area (Å²) < 4.78 is 54.3. The lowest BCUT2D eigenvalue weighted by Crippen LogP contribution is -2.30. The molecule has 0 aromatic rings. The van der Waals surface area contributed by atoms with E-state index in [1.54, 1.807) is 0 Å². The smallest absolute Gasteiger partial charge is 0.305 e. The van der Waals surface area contributed by atoms with Gasteiger partial charge in [-0.15, -0.1) is 0 Å². The number of carbonyl (C=O) groups is 1. The molecule has 0 aliphatic heterocycles. The Morgan fingerprint density at radius 3 is 2.19 bits per heavy atom. The molecular weight excluding hydrogens is 388 g/mol. The van der Waals surface area contributed by atoms with Gasteiger partial charge in [0, 0.05) is 38.1 Å². The Morgan fingerprint density at radius 2 is 1.59 bits per heavy atom. The topological polar surface area (TPSA) is 35.5 Å². The second-order valence-corrected chi connectivity index (χ2v) is 8.32. The number of hydrogen-bond donors (Lipinski definition) is 0. The van der Waals surface area contributed by atoms with E-state index in [9.17, 15) is 13.6 Å². The normalized spacial score (nSPS) is 27.7. The first kappa shape index (κ1) is 22.0. The quantitative estimate of drug-likeness (QED) is 0.195. The lowest BCUT2D eigenvalue weighted by atomic mass is 9.84. The van der Waals surface area contributed by atoms with Gasteiger partial charge in [0.15, 0.2) is 0 Å². The van der Waals surface area contributed by atoms with E-state index in [0.717, 1.165) is 19.3 Å². The Balaban J connectivity index is 2.74. The summed E-state index contributed by atoms with van der Waals surface area (Å²) in [4.78, 5) is 12.2. The second-order valence-electron chi connectivity index (χ2n) is 7.85. The zero-order valence-corrected chi connectivity index (χ0v) is 18.8. The Labute approximate surface area is 171 Å². The molecule has 27 heavy (non-hydrogen) atoms. The first-order valence-corrected chi connectivity index (χ1v) is 11.3. The van der Waals surface area contributed by atoms with Crippen molar-refractivity contribution in [2.75, 3.05) is 0 Å². The van der Waals surface area contributed by atoms with Crippen LogP contribution in [0, 0.1) is 11.8 Å². The number of ketones is 1. The molecule has 6 atom stereocenters. The van der Waals surface area contributed by atoms with Crippen LogP contribution in [0.1, 0.15) is 90.9 Å². The lowest BCUT2D eigenvalue weighted by molar-refractivity contribution is -0.144. The van der Waals surface area contributed by atoms with E-state index in [1.807, 2.05) is 6.92 Å². The van der Waals surface area contributed by atoms with Crippen molar-refractivity contribution in [2.45, 2.75) is 109 Å². The molecule has 3 unspecified atom stereocenters. The number of alkyl halides is 2. The third kappa shape index (κ3) is 8.29. The maximum absolute atomic E-state index is 14.1. The number of unbranched alkanes of at least 4 members (excludes halogenated alkanes) is 5. The molecule has 1 aliphatic rings. The monoisotopic (exact) mass is 430 g/mol. The number of carbonyl (C=O) groups excluding carboxylic acids is 1. The SMILES string of the molecule is [3H]PO[C@H]1C[C@@H](OP[3H])[C@H](CCC(=O)C(F)(F)CCCC)C1CCCCCCC. The molecule has 7 heteroatoms. The fourth-order valence-electron chi connectivity index (χ4n) is 4.20. The minimum Gasteiger partial charge on any atom is -0.362 e. The van der Waals surface area contributed by atoms with Crippen LogP contribution in [0.25, 0.3) is 0 Å². The fraction of sp³-hybridized carbons (Fsp3) is 0.950. The van der Waals surface area contributed by atoms with Crippen molar-refractivity contribution < 1.29 is 22.6 Å². The highest BCUT2D eigenvalue weighted by Crippen LogP contribution is 2.44. The van der Waals surface area contributed by atoms with Gasteiger partial charge in [-0.25, -0.2) is 0 Å². The van der Waals surface area contributed by atoms with Gasteiger partial charge >= 0.3 is 5.92 Å². The van der Waals surface area contributed by atoms with Gasteiger partial charge < -0.3 is 9.05 Å². The molecule has 1 aliphatic carbocycles. The van der Waals surface area contributed by atoms with Crippen molar-refractivity contribution in [3.8, 4) is 0 Å². The van der Waals surface area contributed by atoms with Crippen LogP contribution in [0.5, 0.6) is 0 Å². The summed E-state index contributed by atoms with van der Waals surface area (Å²) >= 11 is 0. The summed E-state index contributed by atoms with van der Waals surface area (Å²) in [6, 6.07) is 0. The second kappa shape index (κ2) is 13.5. The van der Waals surface area contributed by atoms with Gasteiger partial charge in [0.05, 0.1) is 14.8 Å². The maximum Gasteiger partial charge on any atom is 0.305 e. The standard InChI is InChI=1S/C20H38F2O3P2/c1-3-5-7-8-9-10-15-16(18(25-27)14-17(15)24-26)11-12-19(23)20(21,22)13-6-4-2/h15-18H,3-14,26-27H2,1-2H3/t15?,16-,17+,18-/m1/s1/i26T,27T/t15?,16-,17+,18-,26?,27?.